The van der Waals surface area contributed by atoms with Crippen molar-refractivity contribution in [2.45, 2.75) is 38.5 Å². The van der Waals surface area contributed by atoms with Crippen molar-refractivity contribution in [3.05, 3.63) is 58.7 Å². The Morgan fingerprint density at radius 2 is 1.50 bits per heavy atom. The standard InChI is InChI=1S/C24H24O6/c25-20(18-6-5-16-3-1-4-17(16)13-18)8-10-24(27)30-15-21(26)19-7-9-22-23(14-19)29-12-2-11-28-22/h5-7,9,13-14H,1-4,8,10-12,15H2. The summed E-state index contributed by atoms with van der Waals surface area (Å²) in [6, 6.07) is 10.7. The summed E-state index contributed by atoms with van der Waals surface area (Å²) < 4.78 is 16.2. The Hall–Kier alpha value is -3.15. The van der Waals surface area contributed by atoms with Gasteiger partial charge < -0.3 is 14.2 Å². The third kappa shape index (κ3) is 4.70. The topological polar surface area (TPSA) is 78.9 Å². The van der Waals surface area contributed by atoms with Gasteiger partial charge in [-0.1, -0.05) is 12.1 Å². The molecule has 0 atom stereocenters. The Labute approximate surface area is 175 Å². The predicted octanol–water partition coefficient (Wildman–Crippen LogP) is 3.73. The van der Waals surface area contributed by atoms with Gasteiger partial charge in [0.05, 0.1) is 19.6 Å². The second-order valence-corrected chi connectivity index (χ2v) is 7.56. The maximum atomic E-state index is 12.4. The number of carbonyl (C=O) groups excluding carboxylic acids is 3. The Morgan fingerprint density at radius 3 is 2.37 bits per heavy atom. The lowest BCUT2D eigenvalue weighted by Gasteiger charge is -2.09. The molecule has 2 aromatic carbocycles. The molecule has 6 heteroatoms. The van der Waals surface area contributed by atoms with Crippen molar-refractivity contribution in [3.63, 3.8) is 0 Å². The molecule has 0 saturated carbocycles. The van der Waals surface area contributed by atoms with E-state index in [1.54, 1.807) is 18.2 Å². The first-order chi connectivity index (χ1) is 14.6. The van der Waals surface area contributed by atoms with Gasteiger partial charge in [0, 0.05) is 24.0 Å². The Bertz CT molecular complexity index is 978. The van der Waals surface area contributed by atoms with Crippen molar-refractivity contribution >= 4 is 17.5 Å². The van der Waals surface area contributed by atoms with E-state index >= 15 is 0 Å². The third-order valence-electron chi connectivity index (χ3n) is 5.41. The van der Waals surface area contributed by atoms with E-state index in [0.717, 1.165) is 25.7 Å². The summed E-state index contributed by atoms with van der Waals surface area (Å²) >= 11 is 0. The second kappa shape index (κ2) is 9.11. The van der Waals surface area contributed by atoms with Crippen LogP contribution in [0, 0.1) is 0 Å². The van der Waals surface area contributed by atoms with Crippen LogP contribution in [0.3, 0.4) is 0 Å². The van der Waals surface area contributed by atoms with Crippen LogP contribution < -0.4 is 9.47 Å². The van der Waals surface area contributed by atoms with Gasteiger partial charge in [-0.05, 0) is 54.7 Å². The Morgan fingerprint density at radius 1 is 0.767 bits per heavy atom. The molecule has 156 valence electrons. The molecule has 0 aromatic heterocycles. The van der Waals surface area contributed by atoms with E-state index in [-0.39, 0.29) is 31.0 Å². The summed E-state index contributed by atoms with van der Waals surface area (Å²) in [5, 5.41) is 0. The van der Waals surface area contributed by atoms with E-state index < -0.39 is 5.97 Å². The highest BCUT2D eigenvalue weighted by Crippen LogP contribution is 2.30. The number of hydrogen-bond acceptors (Lipinski definition) is 6. The van der Waals surface area contributed by atoms with Crippen LogP contribution in [0.2, 0.25) is 0 Å². The van der Waals surface area contributed by atoms with Crippen LogP contribution >= 0.6 is 0 Å². The zero-order valence-corrected chi connectivity index (χ0v) is 16.8. The van der Waals surface area contributed by atoms with Gasteiger partial charge >= 0.3 is 5.97 Å². The monoisotopic (exact) mass is 408 g/mol. The molecule has 0 bridgehead atoms. The quantitative estimate of drug-likeness (QED) is 0.513. The number of rotatable bonds is 7. The van der Waals surface area contributed by atoms with Crippen LogP contribution in [0.4, 0.5) is 0 Å². The zero-order valence-electron chi connectivity index (χ0n) is 16.8. The number of Topliss-reactive ketones (excluding diaryl/α,β-unsaturated/α-hetero) is 2. The Balaban J connectivity index is 1.26. The number of esters is 1. The van der Waals surface area contributed by atoms with Crippen molar-refractivity contribution in [1.82, 2.24) is 0 Å². The van der Waals surface area contributed by atoms with Gasteiger partial charge in [-0.25, -0.2) is 0 Å². The summed E-state index contributed by atoms with van der Waals surface area (Å²) in [7, 11) is 0. The van der Waals surface area contributed by atoms with Gasteiger partial charge in [0.25, 0.3) is 0 Å². The number of hydrogen-bond donors (Lipinski definition) is 0. The van der Waals surface area contributed by atoms with Crippen LogP contribution in [0.5, 0.6) is 11.5 Å². The smallest absolute Gasteiger partial charge is 0.306 e. The van der Waals surface area contributed by atoms with Crippen molar-refractivity contribution < 1.29 is 28.6 Å². The average molecular weight is 408 g/mol. The summed E-state index contributed by atoms with van der Waals surface area (Å²) in [4.78, 5) is 36.7. The van der Waals surface area contributed by atoms with Gasteiger partial charge in [0.1, 0.15) is 0 Å². The van der Waals surface area contributed by atoms with Crippen LogP contribution in [-0.4, -0.2) is 37.4 Å². The molecule has 0 radical (unpaired) electrons. The molecule has 1 aliphatic heterocycles. The molecular weight excluding hydrogens is 384 g/mol. The van der Waals surface area contributed by atoms with Gasteiger partial charge in [0.2, 0.25) is 0 Å². The largest absolute Gasteiger partial charge is 0.490 e. The molecule has 4 rings (SSSR count). The van der Waals surface area contributed by atoms with Gasteiger partial charge in [-0.15, -0.1) is 0 Å². The molecule has 30 heavy (non-hydrogen) atoms. The lowest BCUT2D eigenvalue weighted by atomic mass is 10.0. The zero-order chi connectivity index (χ0) is 20.9. The lowest BCUT2D eigenvalue weighted by Crippen LogP contribution is -2.15. The first kappa shape index (κ1) is 20.1. The minimum absolute atomic E-state index is 0.0513. The van der Waals surface area contributed by atoms with Crippen LogP contribution in [-0.2, 0) is 22.4 Å². The number of benzene rings is 2. The van der Waals surface area contributed by atoms with Crippen molar-refractivity contribution in [1.29, 1.82) is 0 Å². The fourth-order valence-electron chi connectivity index (χ4n) is 3.74. The van der Waals surface area contributed by atoms with E-state index in [4.69, 9.17) is 14.2 Å². The molecule has 1 aliphatic carbocycles. The van der Waals surface area contributed by atoms with E-state index in [1.165, 1.54) is 11.1 Å². The molecule has 0 unspecified atom stereocenters. The molecule has 0 spiro atoms. The molecule has 2 aliphatic rings. The number of carbonyl (C=O) groups is 3. The SMILES string of the molecule is O=C(CCC(=O)c1ccc2c(c1)CCC2)OCC(=O)c1ccc2c(c1)OCCCO2. The number of fused-ring (bicyclic) bond motifs is 2. The summed E-state index contributed by atoms with van der Waals surface area (Å²) in [5.74, 6) is 0.141. The minimum atomic E-state index is -0.563. The minimum Gasteiger partial charge on any atom is -0.490 e. The highest BCUT2D eigenvalue weighted by atomic mass is 16.5. The van der Waals surface area contributed by atoms with Crippen LogP contribution in [0.1, 0.15) is 57.5 Å². The summed E-state index contributed by atoms with van der Waals surface area (Å²) in [5.41, 5.74) is 3.55. The second-order valence-electron chi connectivity index (χ2n) is 7.56. The van der Waals surface area contributed by atoms with E-state index in [2.05, 4.69) is 0 Å². The number of ketones is 2. The third-order valence-corrected chi connectivity index (χ3v) is 5.41. The van der Waals surface area contributed by atoms with Crippen LogP contribution in [0.15, 0.2) is 36.4 Å². The maximum Gasteiger partial charge on any atom is 0.306 e. The fourth-order valence-corrected chi connectivity index (χ4v) is 3.74. The summed E-state index contributed by atoms with van der Waals surface area (Å²) in [6.45, 7) is 0.728. The Kier molecular flexibility index (Phi) is 6.12. The van der Waals surface area contributed by atoms with Crippen molar-refractivity contribution in [2.24, 2.45) is 0 Å². The predicted molar refractivity (Wildman–Crippen MR) is 109 cm³/mol. The van der Waals surface area contributed by atoms with E-state index in [0.29, 0.717) is 35.8 Å². The van der Waals surface area contributed by atoms with Gasteiger partial charge in [0.15, 0.2) is 29.7 Å². The van der Waals surface area contributed by atoms with Crippen LogP contribution in [0.25, 0.3) is 0 Å². The van der Waals surface area contributed by atoms with Crippen molar-refractivity contribution in [3.8, 4) is 11.5 Å². The highest BCUT2D eigenvalue weighted by molar-refractivity contribution is 5.99. The molecule has 6 nitrogen and oxygen atoms in total. The molecule has 0 saturated heterocycles. The van der Waals surface area contributed by atoms with E-state index in [1.807, 2.05) is 18.2 Å². The fraction of sp³-hybridized carbons (Fsp3) is 0.375. The highest BCUT2D eigenvalue weighted by Gasteiger charge is 2.17. The molecule has 0 fully saturated rings. The first-order valence-corrected chi connectivity index (χ1v) is 10.3. The first-order valence-electron chi connectivity index (χ1n) is 10.3. The lowest BCUT2D eigenvalue weighted by molar-refractivity contribution is -0.142. The number of ether oxygens (including phenoxy) is 3. The molecule has 1 heterocycles. The molecule has 0 amide bonds. The molecule has 0 N–H and O–H groups in total. The summed E-state index contributed by atoms with van der Waals surface area (Å²) in [6.07, 6.45) is 3.98. The van der Waals surface area contributed by atoms with Crippen molar-refractivity contribution in [2.75, 3.05) is 19.8 Å². The van der Waals surface area contributed by atoms with Gasteiger partial charge in [-0.3, -0.25) is 14.4 Å². The molecular formula is C24H24O6. The van der Waals surface area contributed by atoms with Gasteiger partial charge in [-0.2, -0.15) is 0 Å². The molecule has 2 aromatic rings. The van der Waals surface area contributed by atoms with E-state index in [9.17, 15) is 14.4 Å². The normalized spacial score (nSPS) is 14.5. The maximum absolute atomic E-state index is 12.4. The number of aryl methyl sites for hydroxylation is 2. The average Bonchev–Trinajstić information content (AvgIpc) is 3.11.